The van der Waals surface area contributed by atoms with Crippen molar-refractivity contribution in [3.8, 4) is 11.5 Å². The molecule has 0 saturated heterocycles. The lowest BCUT2D eigenvalue weighted by Crippen LogP contribution is -2.39. The van der Waals surface area contributed by atoms with E-state index < -0.39 is 0 Å². The number of nitrogens with one attached hydrogen (secondary N) is 1. The highest BCUT2D eigenvalue weighted by atomic mass is 16.5. The zero-order valence-corrected chi connectivity index (χ0v) is 22.4. The molecule has 206 valence electrons. The molecule has 4 amide bonds. The Kier molecular flexibility index (Phi) is 8.10. The SMILES string of the molecule is Cc1ccccc1OCCCCN1C(=O)COc2ccc(NC(=O)CCCN3C(=O)c4ccccc4C3=O)cc21. The van der Waals surface area contributed by atoms with E-state index in [-0.39, 0.29) is 43.2 Å². The smallest absolute Gasteiger partial charge is 0.265 e. The lowest BCUT2D eigenvalue weighted by Gasteiger charge is -2.30. The number of hydrogen-bond donors (Lipinski definition) is 1. The number of hydrogen-bond acceptors (Lipinski definition) is 6. The van der Waals surface area contributed by atoms with Crippen LogP contribution in [0.4, 0.5) is 11.4 Å². The summed E-state index contributed by atoms with van der Waals surface area (Å²) in [4.78, 5) is 53.2. The van der Waals surface area contributed by atoms with E-state index >= 15 is 0 Å². The number of amides is 4. The molecule has 2 heterocycles. The number of anilines is 2. The standard InChI is InChI=1S/C31H31N3O6/c1-21-9-2-5-12-26(21)39-18-7-6-16-33-25-19-22(14-15-27(25)40-20-29(33)36)32-28(35)13-8-17-34-30(37)23-10-3-4-11-24(23)31(34)38/h2-5,9-12,14-15,19H,6-8,13,16-18,20H2,1H3,(H,32,35). The van der Waals surface area contributed by atoms with Gasteiger partial charge in [-0.05, 0) is 68.1 Å². The highest BCUT2D eigenvalue weighted by molar-refractivity contribution is 6.21. The number of benzene rings is 3. The first kappa shape index (κ1) is 26.9. The van der Waals surface area contributed by atoms with Crippen LogP contribution in [0.15, 0.2) is 66.7 Å². The lowest BCUT2D eigenvalue weighted by molar-refractivity contribution is -0.121. The first-order chi connectivity index (χ1) is 19.4. The van der Waals surface area contributed by atoms with Crippen molar-refractivity contribution < 1.29 is 28.7 Å². The predicted octanol–water partition coefficient (Wildman–Crippen LogP) is 4.59. The van der Waals surface area contributed by atoms with Crippen LogP contribution in [-0.2, 0) is 9.59 Å². The Morgan fingerprint density at radius 2 is 1.57 bits per heavy atom. The second kappa shape index (κ2) is 12.0. The molecule has 2 aliphatic heterocycles. The van der Waals surface area contributed by atoms with Crippen LogP contribution in [-0.4, -0.2) is 54.8 Å². The molecule has 0 bridgehead atoms. The van der Waals surface area contributed by atoms with E-state index in [0.717, 1.165) is 24.2 Å². The molecule has 3 aromatic carbocycles. The van der Waals surface area contributed by atoms with E-state index in [1.54, 1.807) is 47.4 Å². The molecular weight excluding hydrogens is 510 g/mol. The van der Waals surface area contributed by atoms with E-state index in [1.165, 1.54) is 4.90 Å². The zero-order chi connectivity index (χ0) is 28.1. The van der Waals surface area contributed by atoms with E-state index in [1.807, 2.05) is 31.2 Å². The molecule has 0 saturated carbocycles. The van der Waals surface area contributed by atoms with Gasteiger partial charge in [0.1, 0.15) is 11.5 Å². The highest BCUT2D eigenvalue weighted by Gasteiger charge is 2.34. The van der Waals surface area contributed by atoms with Gasteiger partial charge in [-0.25, -0.2) is 0 Å². The van der Waals surface area contributed by atoms with Gasteiger partial charge in [-0.15, -0.1) is 0 Å². The minimum absolute atomic E-state index is 0.0315. The molecule has 0 fully saturated rings. The molecule has 0 aliphatic carbocycles. The van der Waals surface area contributed by atoms with E-state index in [4.69, 9.17) is 9.47 Å². The molecular formula is C31H31N3O6. The molecule has 9 heteroatoms. The number of carbonyl (C=O) groups excluding carboxylic acids is 4. The summed E-state index contributed by atoms with van der Waals surface area (Å²) in [5.74, 6) is 0.388. The van der Waals surface area contributed by atoms with Crippen molar-refractivity contribution in [2.45, 2.75) is 32.6 Å². The van der Waals surface area contributed by atoms with E-state index in [0.29, 0.717) is 47.8 Å². The predicted molar refractivity (Wildman–Crippen MR) is 150 cm³/mol. The molecule has 0 aromatic heterocycles. The normalized spacial score (nSPS) is 14.1. The molecule has 0 spiro atoms. The number of imide groups is 1. The Labute approximate surface area is 232 Å². The van der Waals surface area contributed by atoms with Crippen molar-refractivity contribution in [3.63, 3.8) is 0 Å². The average Bonchev–Trinajstić information content (AvgIpc) is 3.20. The van der Waals surface area contributed by atoms with Crippen molar-refractivity contribution in [1.29, 1.82) is 0 Å². The van der Waals surface area contributed by atoms with Crippen LogP contribution in [0, 0.1) is 6.92 Å². The maximum absolute atomic E-state index is 12.6. The van der Waals surface area contributed by atoms with Gasteiger partial charge in [0.15, 0.2) is 6.61 Å². The minimum Gasteiger partial charge on any atom is -0.493 e. The first-order valence-electron chi connectivity index (χ1n) is 13.4. The summed E-state index contributed by atoms with van der Waals surface area (Å²) in [6.07, 6.45) is 1.98. The van der Waals surface area contributed by atoms with Crippen molar-refractivity contribution in [2.75, 3.05) is 36.5 Å². The van der Waals surface area contributed by atoms with Crippen LogP contribution in [0.25, 0.3) is 0 Å². The average molecular weight is 542 g/mol. The molecule has 0 radical (unpaired) electrons. The second-order valence-electron chi connectivity index (χ2n) is 9.80. The third-order valence-electron chi connectivity index (χ3n) is 6.98. The quantitative estimate of drug-likeness (QED) is 0.281. The van der Waals surface area contributed by atoms with Gasteiger partial charge in [0.25, 0.3) is 17.7 Å². The number of nitrogens with zero attached hydrogens (tertiary/aromatic N) is 2. The first-order valence-corrected chi connectivity index (χ1v) is 13.4. The second-order valence-corrected chi connectivity index (χ2v) is 9.80. The largest absolute Gasteiger partial charge is 0.493 e. The summed E-state index contributed by atoms with van der Waals surface area (Å²) in [7, 11) is 0. The molecule has 5 rings (SSSR count). The monoisotopic (exact) mass is 541 g/mol. The van der Waals surface area contributed by atoms with Crippen LogP contribution in [0.5, 0.6) is 11.5 Å². The maximum atomic E-state index is 12.6. The Balaban J connectivity index is 1.12. The fourth-order valence-corrected chi connectivity index (χ4v) is 4.86. The number of aryl methyl sites for hydroxylation is 1. The van der Waals surface area contributed by atoms with Gasteiger partial charge >= 0.3 is 0 Å². The van der Waals surface area contributed by atoms with Gasteiger partial charge in [-0.2, -0.15) is 0 Å². The van der Waals surface area contributed by atoms with Gasteiger partial charge in [0.2, 0.25) is 5.91 Å². The lowest BCUT2D eigenvalue weighted by atomic mass is 10.1. The third-order valence-corrected chi connectivity index (χ3v) is 6.98. The zero-order valence-electron chi connectivity index (χ0n) is 22.4. The number of ether oxygens (including phenoxy) is 2. The Bertz CT molecular complexity index is 1420. The van der Waals surface area contributed by atoms with Crippen LogP contribution in [0.1, 0.15) is 52.0 Å². The number of unbranched alkanes of at least 4 members (excludes halogenated alkanes) is 1. The van der Waals surface area contributed by atoms with Crippen molar-refractivity contribution >= 4 is 35.0 Å². The van der Waals surface area contributed by atoms with Gasteiger partial charge in [0.05, 0.1) is 23.4 Å². The van der Waals surface area contributed by atoms with Crippen molar-refractivity contribution in [1.82, 2.24) is 4.90 Å². The van der Waals surface area contributed by atoms with Crippen LogP contribution >= 0.6 is 0 Å². The molecule has 1 N–H and O–H groups in total. The highest BCUT2D eigenvalue weighted by Crippen LogP contribution is 2.35. The van der Waals surface area contributed by atoms with Crippen molar-refractivity contribution in [2.24, 2.45) is 0 Å². The molecule has 2 aliphatic rings. The summed E-state index contributed by atoms with van der Waals surface area (Å²) in [5, 5.41) is 2.85. The molecule has 0 unspecified atom stereocenters. The van der Waals surface area contributed by atoms with Gasteiger partial charge in [-0.1, -0.05) is 30.3 Å². The Hall–Kier alpha value is -4.66. The Morgan fingerprint density at radius 3 is 2.33 bits per heavy atom. The summed E-state index contributed by atoms with van der Waals surface area (Å²) in [5.41, 5.74) is 3.02. The van der Waals surface area contributed by atoms with Gasteiger partial charge in [-0.3, -0.25) is 24.1 Å². The number of rotatable bonds is 11. The van der Waals surface area contributed by atoms with Gasteiger partial charge < -0.3 is 19.7 Å². The van der Waals surface area contributed by atoms with E-state index in [9.17, 15) is 19.2 Å². The minimum atomic E-state index is -0.331. The van der Waals surface area contributed by atoms with Crippen LogP contribution < -0.4 is 19.7 Å². The van der Waals surface area contributed by atoms with Crippen molar-refractivity contribution in [3.05, 3.63) is 83.4 Å². The topological polar surface area (TPSA) is 105 Å². The fourth-order valence-electron chi connectivity index (χ4n) is 4.86. The molecule has 40 heavy (non-hydrogen) atoms. The summed E-state index contributed by atoms with van der Waals surface area (Å²) < 4.78 is 11.5. The number of fused-ring (bicyclic) bond motifs is 2. The maximum Gasteiger partial charge on any atom is 0.265 e. The van der Waals surface area contributed by atoms with Crippen LogP contribution in [0.2, 0.25) is 0 Å². The fraction of sp³-hybridized carbons (Fsp3) is 0.290. The Morgan fingerprint density at radius 1 is 0.875 bits per heavy atom. The summed E-state index contributed by atoms with van der Waals surface area (Å²) >= 11 is 0. The summed E-state index contributed by atoms with van der Waals surface area (Å²) in [6, 6.07) is 19.8. The summed E-state index contributed by atoms with van der Waals surface area (Å²) in [6.45, 7) is 3.19. The third kappa shape index (κ3) is 5.83. The van der Waals surface area contributed by atoms with Crippen LogP contribution in [0.3, 0.4) is 0 Å². The van der Waals surface area contributed by atoms with Gasteiger partial charge in [0, 0.05) is 25.2 Å². The van der Waals surface area contributed by atoms with E-state index in [2.05, 4.69) is 5.32 Å². The molecule has 3 aromatic rings. The number of para-hydroxylation sites is 1. The number of carbonyl (C=O) groups is 4. The molecule has 0 atom stereocenters. The molecule has 9 nitrogen and oxygen atoms in total.